The highest BCUT2D eigenvalue weighted by atomic mass is 16.6. The van der Waals surface area contributed by atoms with Crippen LogP contribution in [-0.4, -0.2) is 44.8 Å². The number of methoxy groups -OCH3 is 2. The normalized spacial score (nSPS) is 10.9. The number of amides is 1. The quantitative estimate of drug-likeness (QED) is 0.378. The highest BCUT2D eigenvalue weighted by molar-refractivity contribution is 5.97. The van der Waals surface area contributed by atoms with Gasteiger partial charge < -0.3 is 24.3 Å². The van der Waals surface area contributed by atoms with Crippen molar-refractivity contribution in [3.05, 3.63) is 77.9 Å². The number of nitrogens with one attached hydrogen (secondary N) is 1. The lowest BCUT2D eigenvalue weighted by molar-refractivity contribution is -0.158. The summed E-state index contributed by atoms with van der Waals surface area (Å²) in [6, 6.07) is 21.0. The summed E-state index contributed by atoms with van der Waals surface area (Å²) in [7, 11) is 3.05. The Kier molecular flexibility index (Phi) is 8.95. The Labute approximate surface area is 212 Å². The fraction of sp³-hybridized carbons (Fsp3) is 0.310. The van der Waals surface area contributed by atoms with Crippen molar-refractivity contribution in [2.45, 2.75) is 32.8 Å². The summed E-state index contributed by atoms with van der Waals surface area (Å²) in [4.78, 5) is 24.7. The van der Waals surface area contributed by atoms with E-state index in [0.717, 1.165) is 16.7 Å². The fourth-order valence-corrected chi connectivity index (χ4v) is 3.70. The molecule has 0 aromatic heterocycles. The lowest BCUT2D eigenvalue weighted by Gasteiger charge is -2.24. The Morgan fingerprint density at radius 2 is 1.50 bits per heavy atom. The maximum Gasteiger partial charge on any atom is 0.349 e. The average Bonchev–Trinajstić information content (AvgIpc) is 2.88. The zero-order valence-electron chi connectivity index (χ0n) is 21.4. The minimum atomic E-state index is -1.06. The summed E-state index contributed by atoms with van der Waals surface area (Å²) >= 11 is 0. The molecule has 0 aliphatic rings. The molecule has 0 saturated carbocycles. The van der Waals surface area contributed by atoms with Gasteiger partial charge in [0, 0.05) is 6.54 Å². The molecule has 0 spiro atoms. The summed E-state index contributed by atoms with van der Waals surface area (Å²) in [6.45, 7) is 5.94. The maximum atomic E-state index is 12.6. The van der Waals surface area contributed by atoms with Crippen LogP contribution < -0.4 is 19.5 Å². The number of para-hydroxylation sites is 1. The first kappa shape index (κ1) is 26.6. The van der Waals surface area contributed by atoms with E-state index < -0.39 is 11.6 Å². The van der Waals surface area contributed by atoms with Gasteiger partial charge in [-0.1, -0.05) is 42.5 Å². The molecule has 0 heterocycles. The molecule has 3 aromatic rings. The smallest absolute Gasteiger partial charge is 0.349 e. The van der Waals surface area contributed by atoms with Gasteiger partial charge in [0.15, 0.2) is 17.1 Å². The van der Waals surface area contributed by atoms with E-state index in [0.29, 0.717) is 42.4 Å². The van der Waals surface area contributed by atoms with Gasteiger partial charge in [0.2, 0.25) is 0 Å². The second kappa shape index (κ2) is 12.1. The molecule has 0 bridgehead atoms. The molecule has 0 unspecified atom stereocenters. The van der Waals surface area contributed by atoms with Crippen molar-refractivity contribution in [3.63, 3.8) is 0 Å². The van der Waals surface area contributed by atoms with E-state index in [9.17, 15) is 9.59 Å². The van der Waals surface area contributed by atoms with E-state index in [1.165, 1.54) is 14.2 Å². The van der Waals surface area contributed by atoms with Crippen LogP contribution >= 0.6 is 0 Å². The van der Waals surface area contributed by atoms with Crippen molar-refractivity contribution in [2.75, 3.05) is 27.4 Å². The third-order valence-corrected chi connectivity index (χ3v) is 5.63. The van der Waals surface area contributed by atoms with Crippen LogP contribution in [0, 0.1) is 0 Å². The predicted octanol–water partition coefficient (Wildman–Crippen LogP) is 5.06. The molecule has 0 fully saturated rings. The van der Waals surface area contributed by atoms with E-state index in [1.807, 2.05) is 48.5 Å². The summed E-state index contributed by atoms with van der Waals surface area (Å²) < 4.78 is 21.5. The van der Waals surface area contributed by atoms with Gasteiger partial charge in [-0.05, 0) is 68.1 Å². The van der Waals surface area contributed by atoms with Crippen LogP contribution in [0.1, 0.15) is 36.7 Å². The van der Waals surface area contributed by atoms with Gasteiger partial charge in [-0.25, -0.2) is 4.79 Å². The lowest BCUT2D eigenvalue weighted by atomic mass is 10.0. The minimum absolute atomic E-state index is 0.212. The van der Waals surface area contributed by atoms with Gasteiger partial charge in [-0.3, -0.25) is 4.79 Å². The van der Waals surface area contributed by atoms with Crippen molar-refractivity contribution in [3.8, 4) is 28.4 Å². The molecular formula is C29H33NO6. The standard InChI is InChI=1S/C29H33NO6/c1-6-35-28(32)29(2,3)36-23-16-14-22(15-17-23)21-12-10-20(11-13-21)18-19-30-27(31)24-8-7-9-25(33-4)26(24)34-5/h7-17H,6,18-19H2,1-5H3,(H,30,31). The second-order valence-corrected chi connectivity index (χ2v) is 8.60. The van der Waals surface area contributed by atoms with Gasteiger partial charge in [0.1, 0.15) is 5.75 Å². The first-order chi connectivity index (χ1) is 17.3. The van der Waals surface area contributed by atoms with Crippen molar-refractivity contribution in [1.82, 2.24) is 5.32 Å². The SMILES string of the molecule is CCOC(=O)C(C)(C)Oc1ccc(-c2ccc(CCNC(=O)c3cccc(OC)c3OC)cc2)cc1. The molecule has 7 heteroatoms. The van der Waals surface area contributed by atoms with E-state index in [-0.39, 0.29) is 5.91 Å². The van der Waals surface area contributed by atoms with Gasteiger partial charge in [0.25, 0.3) is 5.91 Å². The minimum Gasteiger partial charge on any atom is -0.493 e. The van der Waals surface area contributed by atoms with Gasteiger partial charge in [-0.15, -0.1) is 0 Å². The molecule has 0 saturated heterocycles. The Balaban J connectivity index is 1.56. The molecule has 0 aliphatic carbocycles. The molecule has 36 heavy (non-hydrogen) atoms. The average molecular weight is 492 g/mol. The Morgan fingerprint density at radius 3 is 2.08 bits per heavy atom. The highest BCUT2D eigenvalue weighted by Crippen LogP contribution is 2.30. The van der Waals surface area contributed by atoms with Crippen LogP contribution in [-0.2, 0) is 16.0 Å². The number of ether oxygens (including phenoxy) is 4. The van der Waals surface area contributed by atoms with Crippen molar-refractivity contribution in [1.29, 1.82) is 0 Å². The molecule has 3 aromatic carbocycles. The monoisotopic (exact) mass is 491 g/mol. The number of esters is 1. The number of rotatable bonds is 11. The van der Waals surface area contributed by atoms with Crippen molar-refractivity contribution < 1.29 is 28.5 Å². The zero-order valence-corrected chi connectivity index (χ0v) is 21.4. The molecule has 3 rings (SSSR count). The van der Waals surface area contributed by atoms with Gasteiger partial charge in [0.05, 0.1) is 26.4 Å². The number of hydrogen-bond donors (Lipinski definition) is 1. The topological polar surface area (TPSA) is 83.1 Å². The fourth-order valence-electron chi connectivity index (χ4n) is 3.70. The maximum absolute atomic E-state index is 12.6. The third kappa shape index (κ3) is 6.56. The Hall–Kier alpha value is -4.00. The number of carbonyl (C=O) groups excluding carboxylic acids is 2. The van der Waals surface area contributed by atoms with Crippen LogP contribution in [0.25, 0.3) is 11.1 Å². The van der Waals surface area contributed by atoms with Crippen molar-refractivity contribution >= 4 is 11.9 Å². The molecule has 7 nitrogen and oxygen atoms in total. The summed E-state index contributed by atoms with van der Waals surface area (Å²) in [6.07, 6.45) is 0.689. The molecule has 1 N–H and O–H groups in total. The van der Waals surface area contributed by atoms with E-state index in [4.69, 9.17) is 18.9 Å². The van der Waals surface area contributed by atoms with Crippen LogP contribution in [0.4, 0.5) is 0 Å². The highest BCUT2D eigenvalue weighted by Gasteiger charge is 2.31. The first-order valence-corrected chi connectivity index (χ1v) is 11.8. The largest absolute Gasteiger partial charge is 0.493 e. The number of carbonyl (C=O) groups is 2. The van der Waals surface area contributed by atoms with E-state index >= 15 is 0 Å². The number of hydrogen-bond acceptors (Lipinski definition) is 6. The van der Waals surface area contributed by atoms with Crippen LogP contribution in [0.2, 0.25) is 0 Å². The summed E-state index contributed by atoms with van der Waals surface area (Å²) in [5.41, 5.74) is 2.56. The number of benzene rings is 3. The second-order valence-electron chi connectivity index (χ2n) is 8.60. The Morgan fingerprint density at radius 1 is 0.861 bits per heavy atom. The van der Waals surface area contributed by atoms with E-state index in [2.05, 4.69) is 5.32 Å². The lowest BCUT2D eigenvalue weighted by Crippen LogP contribution is -2.39. The van der Waals surface area contributed by atoms with E-state index in [1.54, 1.807) is 39.0 Å². The van der Waals surface area contributed by atoms with Crippen LogP contribution in [0.3, 0.4) is 0 Å². The third-order valence-electron chi connectivity index (χ3n) is 5.63. The van der Waals surface area contributed by atoms with Crippen LogP contribution in [0.5, 0.6) is 17.2 Å². The van der Waals surface area contributed by atoms with Gasteiger partial charge in [-0.2, -0.15) is 0 Å². The molecule has 1 amide bonds. The van der Waals surface area contributed by atoms with Gasteiger partial charge >= 0.3 is 5.97 Å². The molecule has 0 atom stereocenters. The Bertz CT molecular complexity index is 1170. The molecule has 0 aliphatic heterocycles. The zero-order chi connectivity index (χ0) is 26.1. The van der Waals surface area contributed by atoms with Crippen molar-refractivity contribution in [2.24, 2.45) is 0 Å². The molecule has 0 radical (unpaired) electrons. The predicted molar refractivity (Wildman–Crippen MR) is 139 cm³/mol. The summed E-state index contributed by atoms with van der Waals surface area (Å²) in [5.74, 6) is 0.918. The molecular weight excluding hydrogens is 458 g/mol. The molecule has 190 valence electrons. The first-order valence-electron chi connectivity index (χ1n) is 11.8. The van der Waals surface area contributed by atoms with Crippen LogP contribution in [0.15, 0.2) is 66.7 Å². The summed E-state index contributed by atoms with van der Waals surface area (Å²) in [5, 5.41) is 2.94.